The van der Waals surface area contributed by atoms with E-state index in [0.29, 0.717) is 13.0 Å². The number of hydrogen-bond acceptors (Lipinski definition) is 4. The van der Waals surface area contributed by atoms with Crippen LogP contribution in [0.1, 0.15) is 6.42 Å². The van der Waals surface area contributed by atoms with Crippen LogP contribution in [0.3, 0.4) is 0 Å². The van der Waals surface area contributed by atoms with Crippen molar-refractivity contribution in [1.82, 2.24) is 0 Å². The minimum absolute atomic E-state index is 0.238. The third kappa shape index (κ3) is 1.46. The number of aliphatic hydroxyl groups is 3. The molecular formula is C6H12O4. The van der Waals surface area contributed by atoms with Crippen molar-refractivity contribution >= 4 is 0 Å². The fourth-order valence-electron chi connectivity index (χ4n) is 1.02. The van der Waals surface area contributed by atoms with Gasteiger partial charge in [-0.25, -0.2) is 0 Å². The molecule has 4 nitrogen and oxygen atoms in total. The van der Waals surface area contributed by atoms with Gasteiger partial charge in [0, 0.05) is 6.61 Å². The Balaban J connectivity index is 2.42. The summed E-state index contributed by atoms with van der Waals surface area (Å²) in [6.07, 6.45) is -1.84. The lowest BCUT2D eigenvalue weighted by Gasteiger charge is -2.30. The maximum atomic E-state index is 9.10. The maximum Gasteiger partial charge on any atom is 0.109 e. The zero-order valence-electron chi connectivity index (χ0n) is 5.60. The van der Waals surface area contributed by atoms with Crippen LogP contribution in [0.2, 0.25) is 0 Å². The molecule has 0 aromatic carbocycles. The second kappa shape index (κ2) is 3.30. The Morgan fingerprint density at radius 2 is 2.10 bits per heavy atom. The van der Waals surface area contributed by atoms with Gasteiger partial charge in [0.15, 0.2) is 0 Å². The molecule has 0 aromatic rings. The predicted molar refractivity (Wildman–Crippen MR) is 33.5 cm³/mol. The topological polar surface area (TPSA) is 69.9 Å². The number of ether oxygens (including phenoxy) is 1. The Bertz CT molecular complexity index is 106. The Morgan fingerprint density at radius 1 is 1.40 bits per heavy atom. The summed E-state index contributed by atoms with van der Waals surface area (Å²) in [6.45, 7) is 0.168. The molecule has 1 fully saturated rings. The molecule has 2 unspecified atom stereocenters. The van der Waals surface area contributed by atoms with Gasteiger partial charge in [0.25, 0.3) is 0 Å². The normalized spacial score (nSPS) is 41.7. The zero-order valence-corrected chi connectivity index (χ0v) is 5.60. The standard InChI is InChI=1S/C6H12O4/c7-3-5-6(9)4(8)1-2-10-5/h4-9H,1-3H2/t4?,5?,6-/m0/s1. The van der Waals surface area contributed by atoms with Crippen LogP contribution in [-0.2, 0) is 4.74 Å². The molecule has 1 saturated heterocycles. The van der Waals surface area contributed by atoms with Crippen LogP contribution in [0.15, 0.2) is 0 Å². The van der Waals surface area contributed by atoms with E-state index in [1.165, 1.54) is 0 Å². The third-order valence-electron chi connectivity index (χ3n) is 1.70. The van der Waals surface area contributed by atoms with Crippen molar-refractivity contribution in [1.29, 1.82) is 0 Å². The Labute approximate surface area is 59.1 Å². The van der Waals surface area contributed by atoms with E-state index in [9.17, 15) is 0 Å². The molecule has 0 saturated carbocycles. The maximum absolute atomic E-state index is 9.10. The molecule has 10 heavy (non-hydrogen) atoms. The molecule has 1 rings (SSSR count). The van der Waals surface area contributed by atoms with Gasteiger partial charge in [-0.15, -0.1) is 0 Å². The van der Waals surface area contributed by atoms with E-state index in [4.69, 9.17) is 20.1 Å². The highest BCUT2D eigenvalue weighted by molar-refractivity contribution is 4.79. The van der Waals surface area contributed by atoms with Crippen LogP contribution in [0, 0.1) is 0 Å². The molecule has 0 aliphatic carbocycles. The molecule has 0 bridgehead atoms. The number of aliphatic hydroxyl groups excluding tert-OH is 3. The van der Waals surface area contributed by atoms with Crippen LogP contribution in [0.4, 0.5) is 0 Å². The minimum atomic E-state index is -0.932. The second-order valence-electron chi connectivity index (χ2n) is 2.44. The van der Waals surface area contributed by atoms with Crippen molar-refractivity contribution in [3.63, 3.8) is 0 Å². The van der Waals surface area contributed by atoms with Crippen LogP contribution in [-0.4, -0.2) is 46.8 Å². The van der Waals surface area contributed by atoms with Gasteiger partial charge in [-0.3, -0.25) is 0 Å². The van der Waals surface area contributed by atoms with Gasteiger partial charge in [0.05, 0.1) is 12.7 Å². The smallest absolute Gasteiger partial charge is 0.109 e. The van der Waals surface area contributed by atoms with E-state index in [1.807, 2.05) is 0 Å². The lowest BCUT2D eigenvalue weighted by molar-refractivity contribution is -0.147. The van der Waals surface area contributed by atoms with E-state index >= 15 is 0 Å². The first-order valence-corrected chi connectivity index (χ1v) is 3.34. The summed E-state index contributed by atoms with van der Waals surface area (Å²) >= 11 is 0. The SMILES string of the molecule is OCC1OCCC(O)[C@@H]1O. The van der Waals surface area contributed by atoms with Gasteiger partial charge >= 0.3 is 0 Å². The molecule has 0 amide bonds. The first-order chi connectivity index (χ1) is 4.75. The van der Waals surface area contributed by atoms with Gasteiger partial charge in [-0.2, -0.15) is 0 Å². The summed E-state index contributed by atoms with van der Waals surface area (Å²) in [5, 5.41) is 26.7. The van der Waals surface area contributed by atoms with E-state index in [0.717, 1.165) is 0 Å². The molecule has 0 aromatic heterocycles. The first-order valence-electron chi connectivity index (χ1n) is 3.34. The van der Waals surface area contributed by atoms with Gasteiger partial charge in [-0.05, 0) is 6.42 Å². The zero-order chi connectivity index (χ0) is 7.56. The highest BCUT2D eigenvalue weighted by Crippen LogP contribution is 2.13. The van der Waals surface area contributed by atoms with Crippen LogP contribution in [0.25, 0.3) is 0 Å². The summed E-state index contributed by atoms with van der Waals surface area (Å²) in [6, 6.07) is 0. The van der Waals surface area contributed by atoms with E-state index < -0.39 is 18.3 Å². The van der Waals surface area contributed by atoms with E-state index in [2.05, 4.69) is 0 Å². The lowest BCUT2D eigenvalue weighted by Crippen LogP contribution is -2.46. The van der Waals surface area contributed by atoms with Crippen LogP contribution >= 0.6 is 0 Å². The molecule has 1 aliphatic rings. The highest BCUT2D eigenvalue weighted by Gasteiger charge is 2.30. The summed E-state index contributed by atoms with van der Waals surface area (Å²) in [4.78, 5) is 0. The predicted octanol–water partition coefficient (Wildman–Crippen LogP) is -1.51. The molecule has 1 aliphatic heterocycles. The van der Waals surface area contributed by atoms with Gasteiger partial charge < -0.3 is 20.1 Å². The monoisotopic (exact) mass is 148 g/mol. The molecule has 4 heteroatoms. The summed E-state index contributed by atoms with van der Waals surface area (Å²) in [5.74, 6) is 0. The Morgan fingerprint density at radius 3 is 2.60 bits per heavy atom. The fraction of sp³-hybridized carbons (Fsp3) is 1.00. The molecule has 0 spiro atoms. The van der Waals surface area contributed by atoms with Crippen molar-refractivity contribution in [3.8, 4) is 0 Å². The summed E-state index contributed by atoms with van der Waals surface area (Å²) in [5.41, 5.74) is 0. The molecular weight excluding hydrogens is 136 g/mol. The van der Waals surface area contributed by atoms with E-state index in [1.54, 1.807) is 0 Å². The van der Waals surface area contributed by atoms with Crippen LogP contribution < -0.4 is 0 Å². The average molecular weight is 148 g/mol. The van der Waals surface area contributed by atoms with Gasteiger partial charge in [0.2, 0.25) is 0 Å². The van der Waals surface area contributed by atoms with Crippen LogP contribution in [0.5, 0.6) is 0 Å². The summed E-state index contributed by atoms with van der Waals surface area (Å²) < 4.78 is 4.95. The number of hydrogen-bond donors (Lipinski definition) is 3. The third-order valence-corrected chi connectivity index (χ3v) is 1.70. The molecule has 3 atom stereocenters. The first kappa shape index (κ1) is 7.94. The lowest BCUT2D eigenvalue weighted by atomic mass is 10.0. The highest BCUT2D eigenvalue weighted by atomic mass is 16.5. The Hall–Kier alpha value is -0.160. The van der Waals surface area contributed by atoms with E-state index in [-0.39, 0.29) is 6.61 Å². The average Bonchev–Trinajstić information content (AvgIpc) is 1.95. The summed E-state index contributed by atoms with van der Waals surface area (Å²) in [7, 11) is 0. The molecule has 0 radical (unpaired) electrons. The van der Waals surface area contributed by atoms with Gasteiger partial charge in [-0.1, -0.05) is 0 Å². The van der Waals surface area contributed by atoms with Crippen molar-refractivity contribution in [2.75, 3.05) is 13.2 Å². The largest absolute Gasteiger partial charge is 0.394 e. The minimum Gasteiger partial charge on any atom is -0.394 e. The van der Waals surface area contributed by atoms with Crippen molar-refractivity contribution in [2.24, 2.45) is 0 Å². The van der Waals surface area contributed by atoms with Crippen molar-refractivity contribution < 1.29 is 20.1 Å². The molecule has 1 heterocycles. The fourth-order valence-corrected chi connectivity index (χ4v) is 1.02. The van der Waals surface area contributed by atoms with Gasteiger partial charge in [0.1, 0.15) is 12.2 Å². The van der Waals surface area contributed by atoms with Crippen molar-refractivity contribution in [3.05, 3.63) is 0 Å². The second-order valence-corrected chi connectivity index (χ2v) is 2.44. The number of rotatable bonds is 1. The Kier molecular flexibility index (Phi) is 2.62. The van der Waals surface area contributed by atoms with Crippen molar-refractivity contribution in [2.45, 2.75) is 24.7 Å². The quantitative estimate of drug-likeness (QED) is 0.423. The molecule has 60 valence electrons. The molecule has 3 N–H and O–H groups in total.